The molecule has 146 valence electrons. The molecule has 0 fully saturated rings. The van der Waals surface area contributed by atoms with Gasteiger partial charge in [-0.15, -0.1) is 24.0 Å². The van der Waals surface area contributed by atoms with Gasteiger partial charge in [-0.25, -0.2) is 18.5 Å². The lowest BCUT2D eigenvalue weighted by atomic mass is 10.0. The zero-order valence-corrected chi connectivity index (χ0v) is 18.0. The number of nitrogens with two attached hydrogens (primary N) is 2. The van der Waals surface area contributed by atoms with Gasteiger partial charge in [0.15, 0.2) is 5.96 Å². The minimum Gasteiger partial charge on any atom is -0.493 e. The van der Waals surface area contributed by atoms with Crippen LogP contribution in [0.4, 0.5) is 0 Å². The number of sulfonamides is 1. The summed E-state index contributed by atoms with van der Waals surface area (Å²) < 4.78 is 28.6. The highest BCUT2D eigenvalue weighted by Gasteiger charge is 2.21. The second kappa shape index (κ2) is 8.89. The Morgan fingerprint density at radius 2 is 2.04 bits per heavy atom. The van der Waals surface area contributed by atoms with E-state index in [0.29, 0.717) is 24.7 Å². The summed E-state index contributed by atoms with van der Waals surface area (Å²) in [5, 5.41) is 8.40. The van der Waals surface area contributed by atoms with Gasteiger partial charge in [0.05, 0.1) is 24.1 Å². The Labute approximate surface area is 176 Å². The predicted octanol–water partition coefficient (Wildman–Crippen LogP) is 2.19. The first-order valence-electron chi connectivity index (χ1n) is 8.25. The van der Waals surface area contributed by atoms with Crippen LogP contribution < -0.4 is 20.9 Å². The fraction of sp³-hybridized carbons (Fsp3) is 0.278. The summed E-state index contributed by atoms with van der Waals surface area (Å²) in [5.74, 6) is 1.19. The van der Waals surface area contributed by atoms with Gasteiger partial charge in [0.1, 0.15) is 5.75 Å². The van der Waals surface area contributed by atoms with E-state index in [2.05, 4.69) is 10.3 Å². The van der Waals surface area contributed by atoms with Gasteiger partial charge in [-0.3, -0.25) is 0 Å². The van der Waals surface area contributed by atoms with Gasteiger partial charge in [0, 0.05) is 12.0 Å². The van der Waals surface area contributed by atoms with E-state index in [-0.39, 0.29) is 34.9 Å². The van der Waals surface area contributed by atoms with E-state index in [1.54, 1.807) is 19.1 Å². The minimum absolute atomic E-state index is 0. The number of primary sulfonamides is 1. The van der Waals surface area contributed by atoms with E-state index in [4.69, 9.17) is 15.6 Å². The fourth-order valence-corrected chi connectivity index (χ4v) is 3.79. The first-order valence-corrected chi connectivity index (χ1v) is 9.80. The number of nitrogens with one attached hydrogen (secondary N) is 1. The van der Waals surface area contributed by atoms with Crippen molar-refractivity contribution in [2.24, 2.45) is 15.9 Å². The van der Waals surface area contributed by atoms with Crippen LogP contribution in [0.1, 0.15) is 29.2 Å². The third-order valence-corrected chi connectivity index (χ3v) is 5.33. The van der Waals surface area contributed by atoms with Gasteiger partial charge in [0.2, 0.25) is 10.0 Å². The molecule has 1 aliphatic rings. The number of aliphatic imine (C=N–C) groups is 1. The van der Waals surface area contributed by atoms with Crippen molar-refractivity contribution >= 4 is 40.0 Å². The molecule has 0 saturated heterocycles. The zero-order valence-electron chi connectivity index (χ0n) is 14.9. The lowest BCUT2D eigenvalue weighted by molar-refractivity contribution is 0.262. The molecule has 7 nitrogen and oxygen atoms in total. The molecule has 0 saturated carbocycles. The van der Waals surface area contributed by atoms with E-state index >= 15 is 0 Å². The zero-order chi connectivity index (χ0) is 18.7. The smallest absolute Gasteiger partial charge is 0.238 e. The Bertz CT molecular complexity index is 947. The van der Waals surface area contributed by atoms with E-state index in [0.717, 1.165) is 23.3 Å². The third kappa shape index (κ3) is 5.33. The summed E-state index contributed by atoms with van der Waals surface area (Å²) in [4.78, 5) is 4.48. The van der Waals surface area contributed by atoms with E-state index in [9.17, 15) is 8.42 Å². The van der Waals surface area contributed by atoms with Crippen molar-refractivity contribution in [1.29, 1.82) is 0 Å². The number of hydrogen-bond acceptors (Lipinski definition) is 4. The van der Waals surface area contributed by atoms with Crippen molar-refractivity contribution in [3.63, 3.8) is 0 Å². The molecule has 2 aromatic carbocycles. The normalized spacial score (nSPS) is 16.7. The van der Waals surface area contributed by atoms with Crippen LogP contribution in [-0.4, -0.2) is 21.0 Å². The maximum atomic E-state index is 11.5. The molecular formula is C18H23IN4O3S. The molecular weight excluding hydrogens is 479 g/mol. The second-order valence-corrected chi connectivity index (χ2v) is 7.75. The highest BCUT2D eigenvalue weighted by atomic mass is 127. The second-order valence-electron chi connectivity index (χ2n) is 6.22. The number of benzene rings is 2. The fourth-order valence-electron chi connectivity index (χ4n) is 3.02. The number of guanidine groups is 1. The van der Waals surface area contributed by atoms with Crippen LogP contribution in [0.25, 0.3) is 0 Å². The van der Waals surface area contributed by atoms with Crippen LogP contribution in [-0.2, 0) is 16.6 Å². The van der Waals surface area contributed by atoms with Crippen LogP contribution in [0.3, 0.4) is 0 Å². The Hall–Kier alpha value is -1.85. The lowest BCUT2D eigenvalue weighted by Crippen LogP contribution is -2.37. The molecule has 1 aliphatic heterocycles. The third-order valence-electron chi connectivity index (χ3n) is 4.26. The summed E-state index contributed by atoms with van der Waals surface area (Å²) in [5.41, 5.74) is 8.53. The highest BCUT2D eigenvalue weighted by Crippen LogP contribution is 2.31. The van der Waals surface area contributed by atoms with Crippen LogP contribution >= 0.6 is 24.0 Å². The molecule has 3 rings (SSSR count). The standard InChI is InChI=1S/C18H22N4O3S.HI/c1-12-10-13(6-7-17(12)26(20,23)24)11-21-18(19)22-15-8-9-25-16-5-3-2-4-14(15)16;/h2-7,10,15H,8-9,11H2,1H3,(H3,19,21,22)(H2,20,23,24);1H. The number of nitrogens with zero attached hydrogens (tertiary/aromatic N) is 1. The molecule has 1 atom stereocenters. The summed E-state index contributed by atoms with van der Waals surface area (Å²) >= 11 is 0. The van der Waals surface area contributed by atoms with Crippen LogP contribution in [0.5, 0.6) is 5.75 Å². The average Bonchev–Trinajstić information content (AvgIpc) is 2.59. The quantitative estimate of drug-likeness (QED) is 0.337. The van der Waals surface area contributed by atoms with Gasteiger partial charge in [-0.05, 0) is 30.2 Å². The van der Waals surface area contributed by atoms with Crippen molar-refractivity contribution in [2.75, 3.05) is 6.61 Å². The Morgan fingerprint density at radius 1 is 1.30 bits per heavy atom. The van der Waals surface area contributed by atoms with Gasteiger partial charge in [-0.2, -0.15) is 0 Å². The molecule has 0 aliphatic carbocycles. The first kappa shape index (κ1) is 21.5. The molecule has 2 aromatic rings. The van der Waals surface area contributed by atoms with Crippen molar-refractivity contribution in [1.82, 2.24) is 5.32 Å². The monoisotopic (exact) mass is 502 g/mol. The van der Waals surface area contributed by atoms with E-state index in [1.807, 2.05) is 24.3 Å². The number of halogens is 1. The first-order chi connectivity index (χ1) is 12.3. The SMILES string of the molecule is Cc1cc(CN=C(N)NC2CCOc3ccccc32)ccc1S(N)(=O)=O.I. The van der Waals surface area contributed by atoms with Gasteiger partial charge in [-0.1, -0.05) is 30.3 Å². The summed E-state index contributed by atoms with van der Waals surface area (Å²) in [6.07, 6.45) is 0.801. The topological polar surface area (TPSA) is 120 Å². The Morgan fingerprint density at radius 3 is 2.74 bits per heavy atom. The van der Waals surface area contributed by atoms with E-state index in [1.165, 1.54) is 6.07 Å². The molecule has 0 radical (unpaired) electrons. The molecule has 0 aromatic heterocycles. The number of rotatable bonds is 4. The summed E-state index contributed by atoms with van der Waals surface area (Å²) in [6.45, 7) is 2.67. The Balaban J connectivity index is 0.00000261. The Kier molecular flexibility index (Phi) is 7.06. The van der Waals surface area contributed by atoms with Crippen LogP contribution in [0.15, 0.2) is 52.4 Å². The molecule has 1 heterocycles. The van der Waals surface area contributed by atoms with Crippen molar-refractivity contribution in [3.05, 3.63) is 59.2 Å². The van der Waals surface area contributed by atoms with Crippen molar-refractivity contribution in [3.8, 4) is 5.75 Å². The predicted molar refractivity (Wildman–Crippen MR) is 116 cm³/mol. The highest BCUT2D eigenvalue weighted by molar-refractivity contribution is 14.0. The maximum Gasteiger partial charge on any atom is 0.238 e. The summed E-state index contributed by atoms with van der Waals surface area (Å²) in [6, 6.07) is 12.8. The summed E-state index contributed by atoms with van der Waals surface area (Å²) in [7, 11) is -3.71. The number of fused-ring (bicyclic) bond motifs is 1. The van der Waals surface area contributed by atoms with Gasteiger partial charge >= 0.3 is 0 Å². The number of para-hydroxylation sites is 1. The number of ether oxygens (including phenoxy) is 1. The van der Waals surface area contributed by atoms with Gasteiger partial charge in [0.25, 0.3) is 0 Å². The van der Waals surface area contributed by atoms with Crippen LogP contribution in [0.2, 0.25) is 0 Å². The average molecular weight is 502 g/mol. The molecule has 9 heteroatoms. The minimum atomic E-state index is -3.71. The number of aryl methyl sites for hydroxylation is 1. The maximum absolute atomic E-state index is 11.5. The largest absolute Gasteiger partial charge is 0.493 e. The van der Waals surface area contributed by atoms with Crippen molar-refractivity contribution < 1.29 is 13.2 Å². The molecule has 0 bridgehead atoms. The van der Waals surface area contributed by atoms with Gasteiger partial charge < -0.3 is 15.8 Å². The number of hydrogen-bond donors (Lipinski definition) is 3. The molecule has 0 amide bonds. The molecule has 1 unspecified atom stereocenters. The molecule has 0 spiro atoms. The van der Waals surface area contributed by atoms with Crippen molar-refractivity contribution in [2.45, 2.75) is 30.8 Å². The van der Waals surface area contributed by atoms with E-state index < -0.39 is 10.0 Å². The molecule has 27 heavy (non-hydrogen) atoms. The van der Waals surface area contributed by atoms with Crippen LogP contribution in [0, 0.1) is 6.92 Å². The molecule has 5 N–H and O–H groups in total. The lowest BCUT2D eigenvalue weighted by Gasteiger charge is -2.26.